The van der Waals surface area contributed by atoms with E-state index in [9.17, 15) is 13.6 Å². The number of nitrogens with zero attached hydrogens (tertiary/aromatic N) is 1. The van der Waals surface area contributed by atoms with Crippen LogP contribution in [0.3, 0.4) is 0 Å². The normalized spacial score (nSPS) is 28.6. The fourth-order valence-electron chi connectivity index (χ4n) is 2.96. The van der Waals surface area contributed by atoms with Crippen molar-refractivity contribution in [1.29, 1.82) is 0 Å². The fraction of sp³-hybridized carbons (Fsp3) is 0.533. The number of hydrogen-bond donors (Lipinski definition) is 1. The van der Waals surface area contributed by atoms with E-state index in [0.717, 1.165) is 5.56 Å². The van der Waals surface area contributed by atoms with Gasteiger partial charge in [0.15, 0.2) is 0 Å². The Labute approximate surface area is 132 Å². The highest BCUT2D eigenvalue weighted by Gasteiger charge is 2.48. The van der Waals surface area contributed by atoms with Crippen molar-refractivity contribution in [3.8, 4) is 0 Å². The van der Waals surface area contributed by atoms with E-state index in [1.165, 1.54) is 0 Å². The third-order valence-corrected chi connectivity index (χ3v) is 4.40. The Morgan fingerprint density at radius 3 is 2.86 bits per heavy atom. The number of halogens is 3. The molecule has 1 aromatic carbocycles. The molecule has 2 aliphatic rings. The maximum Gasteiger partial charge on any atom is 0.326 e. The summed E-state index contributed by atoms with van der Waals surface area (Å²) in [5.74, 6) is -4.42. The Morgan fingerprint density at radius 1 is 1.41 bits per heavy atom. The van der Waals surface area contributed by atoms with E-state index < -0.39 is 24.3 Å². The first-order valence-electron chi connectivity index (χ1n) is 7.23. The maximum absolute atomic E-state index is 13.3. The molecule has 2 atom stereocenters. The molecule has 7 heteroatoms. The van der Waals surface area contributed by atoms with Gasteiger partial charge in [0.2, 0.25) is 0 Å². The van der Waals surface area contributed by atoms with Crippen LogP contribution in [0.1, 0.15) is 18.1 Å². The lowest BCUT2D eigenvalue weighted by molar-refractivity contribution is -0.139. The number of amides is 1. The molecular formula is C15H17ClF2N2O2. The lowest BCUT2D eigenvalue weighted by atomic mass is 10.1. The molecule has 1 aromatic rings. The predicted octanol–water partition coefficient (Wildman–Crippen LogP) is 2.24. The Hall–Kier alpha value is -1.24. The van der Waals surface area contributed by atoms with Crippen LogP contribution in [-0.4, -0.2) is 49.0 Å². The number of carbonyl (C=O) groups is 1. The van der Waals surface area contributed by atoms with Crippen LogP contribution in [0.5, 0.6) is 0 Å². The number of alkyl halides is 2. The van der Waals surface area contributed by atoms with E-state index in [2.05, 4.69) is 5.32 Å². The fourth-order valence-corrected chi connectivity index (χ4v) is 3.22. The highest BCUT2D eigenvalue weighted by molar-refractivity contribution is 6.31. The molecule has 2 heterocycles. The molecule has 2 saturated heterocycles. The van der Waals surface area contributed by atoms with Gasteiger partial charge in [-0.05, 0) is 6.07 Å². The van der Waals surface area contributed by atoms with Crippen molar-refractivity contribution in [3.63, 3.8) is 0 Å². The first kappa shape index (κ1) is 15.6. The van der Waals surface area contributed by atoms with Crippen molar-refractivity contribution in [2.24, 2.45) is 0 Å². The summed E-state index contributed by atoms with van der Waals surface area (Å²) in [6, 6.07) is 6.93. The highest BCUT2D eigenvalue weighted by Crippen LogP contribution is 2.30. The zero-order valence-electron chi connectivity index (χ0n) is 11.9. The average molecular weight is 331 g/mol. The molecule has 0 aromatic heterocycles. The summed E-state index contributed by atoms with van der Waals surface area (Å²) in [6.45, 7) is 2.12. The van der Waals surface area contributed by atoms with Gasteiger partial charge in [0.1, 0.15) is 0 Å². The number of hydrogen-bond acceptors (Lipinski definition) is 3. The molecule has 4 nitrogen and oxygen atoms in total. The van der Waals surface area contributed by atoms with Gasteiger partial charge in [0.05, 0.1) is 12.7 Å². The Kier molecular flexibility index (Phi) is 4.34. The number of morpholine rings is 1. The molecule has 0 spiro atoms. The summed E-state index contributed by atoms with van der Waals surface area (Å²) >= 11 is 6.18. The Balaban J connectivity index is 1.62. The number of benzene rings is 1. The molecular weight excluding hydrogens is 314 g/mol. The molecule has 2 fully saturated rings. The smallest absolute Gasteiger partial charge is 0.326 e. The summed E-state index contributed by atoms with van der Waals surface area (Å²) < 4.78 is 32.3. The van der Waals surface area contributed by atoms with E-state index in [1.54, 1.807) is 6.07 Å². The second-order valence-corrected chi connectivity index (χ2v) is 6.13. The summed E-state index contributed by atoms with van der Waals surface area (Å²) in [7, 11) is 0. The first-order chi connectivity index (χ1) is 10.5. The largest absolute Gasteiger partial charge is 0.371 e. The van der Waals surface area contributed by atoms with Crippen LogP contribution in [0, 0.1) is 0 Å². The molecule has 1 N–H and O–H groups in total. The van der Waals surface area contributed by atoms with Gasteiger partial charge in [0.25, 0.3) is 5.91 Å². The van der Waals surface area contributed by atoms with Crippen molar-refractivity contribution >= 4 is 17.5 Å². The summed E-state index contributed by atoms with van der Waals surface area (Å²) in [6.07, 6.45) is -0.625. The van der Waals surface area contributed by atoms with Gasteiger partial charge in [-0.15, -0.1) is 0 Å². The predicted molar refractivity (Wildman–Crippen MR) is 78.1 cm³/mol. The monoisotopic (exact) mass is 330 g/mol. The molecule has 2 aliphatic heterocycles. The zero-order valence-corrected chi connectivity index (χ0v) is 12.7. The summed E-state index contributed by atoms with van der Waals surface area (Å²) in [5.41, 5.74) is 0.898. The Bertz CT molecular complexity index is 570. The lowest BCUT2D eigenvalue weighted by Gasteiger charge is -2.34. The van der Waals surface area contributed by atoms with E-state index in [0.29, 0.717) is 31.3 Å². The minimum atomic E-state index is -3.25. The third kappa shape index (κ3) is 3.24. The number of rotatable bonds is 3. The van der Waals surface area contributed by atoms with Gasteiger partial charge in [-0.3, -0.25) is 9.69 Å². The zero-order chi connectivity index (χ0) is 15.7. The van der Waals surface area contributed by atoms with Crippen LogP contribution in [0.25, 0.3) is 0 Å². The second-order valence-electron chi connectivity index (χ2n) is 5.72. The molecule has 0 radical (unpaired) electrons. The third-order valence-electron chi connectivity index (χ3n) is 4.05. The molecule has 3 rings (SSSR count). The number of ether oxygens (including phenoxy) is 1. The van der Waals surface area contributed by atoms with Gasteiger partial charge in [-0.25, -0.2) is 0 Å². The van der Waals surface area contributed by atoms with Crippen LogP contribution in [0.15, 0.2) is 24.3 Å². The minimum absolute atomic E-state index is 0.180. The SMILES string of the molecule is O=C1NC(CN2CCOC(c3ccccc3Cl)C2)CC1(F)F. The minimum Gasteiger partial charge on any atom is -0.371 e. The Morgan fingerprint density at radius 2 is 2.18 bits per heavy atom. The van der Waals surface area contributed by atoms with Gasteiger partial charge in [-0.1, -0.05) is 29.8 Å². The quantitative estimate of drug-likeness (QED) is 0.924. The molecule has 0 bridgehead atoms. The lowest BCUT2D eigenvalue weighted by Crippen LogP contribution is -2.45. The number of nitrogens with one attached hydrogen (secondary N) is 1. The van der Waals surface area contributed by atoms with Crippen LogP contribution >= 0.6 is 11.6 Å². The van der Waals surface area contributed by atoms with Gasteiger partial charge in [-0.2, -0.15) is 8.78 Å². The molecule has 0 aliphatic carbocycles. The van der Waals surface area contributed by atoms with Crippen molar-refractivity contribution in [2.45, 2.75) is 24.5 Å². The topological polar surface area (TPSA) is 41.6 Å². The highest BCUT2D eigenvalue weighted by atomic mass is 35.5. The van der Waals surface area contributed by atoms with Crippen LogP contribution < -0.4 is 5.32 Å². The van der Waals surface area contributed by atoms with Crippen LogP contribution in [-0.2, 0) is 9.53 Å². The van der Waals surface area contributed by atoms with E-state index in [4.69, 9.17) is 16.3 Å². The first-order valence-corrected chi connectivity index (χ1v) is 7.61. The van der Waals surface area contributed by atoms with Gasteiger partial charge < -0.3 is 10.1 Å². The van der Waals surface area contributed by atoms with Crippen molar-refractivity contribution in [3.05, 3.63) is 34.9 Å². The van der Waals surface area contributed by atoms with Crippen LogP contribution in [0.4, 0.5) is 8.78 Å². The second kappa shape index (κ2) is 6.10. The van der Waals surface area contributed by atoms with E-state index in [-0.39, 0.29) is 6.10 Å². The van der Waals surface area contributed by atoms with Gasteiger partial charge >= 0.3 is 5.92 Å². The van der Waals surface area contributed by atoms with Crippen molar-refractivity contribution < 1.29 is 18.3 Å². The van der Waals surface area contributed by atoms with Crippen molar-refractivity contribution in [1.82, 2.24) is 10.2 Å². The summed E-state index contributed by atoms with van der Waals surface area (Å²) in [5, 5.41) is 2.99. The molecule has 120 valence electrons. The van der Waals surface area contributed by atoms with E-state index >= 15 is 0 Å². The average Bonchev–Trinajstić information content (AvgIpc) is 2.72. The van der Waals surface area contributed by atoms with E-state index in [1.807, 2.05) is 23.1 Å². The molecule has 2 unspecified atom stereocenters. The molecule has 1 amide bonds. The standard InChI is InChI=1S/C15H17ClF2N2O2/c16-12-4-2-1-3-11(12)13-9-20(5-6-22-13)8-10-7-15(17,18)14(21)19-10/h1-4,10,13H,5-9H2,(H,19,21). The summed E-state index contributed by atoms with van der Waals surface area (Å²) in [4.78, 5) is 13.2. The van der Waals surface area contributed by atoms with Crippen molar-refractivity contribution in [2.75, 3.05) is 26.2 Å². The molecule has 22 heavy (non-hydrogen) atoms. The van der Waals surface area contributed by atoms with Gasteiger partial charge in [0, 0.05) is 42.7 Å². The maximum atomic E-state index is 13.3. The number of carbonyl (C=O) groups excluding carboxylic acids is 1. The molecule has 0 saturated carbocycles. The van der Waals surface area contributed by atoms with Crippen LogP contribution in [0.2, 0.25) is 5.02 Å².